The second-order valence-corrected chi connectivity index (χ2v) is 11.7. The third-order valence-electron chi connectivity index (χ3n) is 9.03. The monoisotopic (exact) mass is 528 g/mol. The molecule has 4 aliphatic heterocycles. The SMILES string of the molecule is C[C@@H](O)c1cc2cnc(Nc3ccc4c(n3)CCN(C(=O)[C@@H]3CCN(C)C3)C4)nc2c(N2C3CCC2CC3)n1. The van der Waals surface area contributed by atoms with Crippen molar-refractivity contribution in [2.24, 2.45) is 5.92 Å². The lowest BCUT2D eigenvalue weighted by Gasteiger charge is -2.30. The lowest BCUT2D eigenvalue weighted by atomic mass is 10.0. The van der Waals surface area contributed by atoms with Crippen LogP contribution in [0.15, 0.2) is 24.4 Å². The maximum atomic E-state index is 13.0. The summed E-state index contributed by atoms with van der Waals surface area (Å²) in [7, 11) is 2.08. The lowest BCUT2D eigenvalue weighted by molar-refractivity contribution is -0.136. The van der Waals surface area contributed by atoms with Crippen molar-refractivity contribution in [1.82, 2.24) is 29.7 Å². The van der Waals surface area contributed by atoms with Gasteiger partial charge in [-0.3, -0.25) is 4.79 Å². The van der Waals surface area contributed by atoms with Crippen molar-refractivity contribution < 1.29 is 9.90 Å². The Morgan fingerprint density at radius 1 is 1.08 bits per heavy atom. The maximum Gasteiger partial charge on any atom is 0.229 e. The Balaban J connectivity index is 1.13. The molecule has 7 heterocycles. The van der Waals surface area contributed by atoms with Gasteiger partial charge >= 0.3 is 0 Å². The number of likely N-dealkylation sites (tertiary alicyclic amines) is 1. The first-order chi connectivity index (χ1) is 18.9. The van der Waals surface area contributed by atoms with E-state index < -0.39 is 6.10 Å². The summed E-state index contributed by atoms with van der Waals surface area (Å²) >= 11 is 0. The van der Waals surface area contributed by atoms with Crippen molar-refractivity contribution in [2.45, 2.75) is 70.2 Å². The zero-order valence-electron chi connectivity index (χ0n) is 22.7. The first-order valence-electron chi connectivity index (χ1n) is 14.3. The van der Waals surface area contributed by atoms with E-state index in [1.807, 2.05) is 23.2 Å². The van der Waals surface area contributed by atoms with Crippen LogP contribution in [0, 0.1) is 5.92 Å². The number of aliphatic hydroxyl groups excluding tert-OH is 1. The third kappa shape index (κ3) is 4.49. The summed E-state index contributed by atoms with van der Waals surface area (Å²) in [5.41, 5.74) is 3.58. The molecule has 2 bridgehead atoms. The van der Waals surface area contributed by atoms with Crippen LogP contribution in [0.1, 0.15) is 62.1 Å². The molecule has 1 amide bonds. The highest BCUT2D eigenvalue weighted by molar-refractivity contribution is 5.90. The van der Waals surface area contributed by atoms with E-state index in [1.54, 1.807) is 6.92 Å². The number of hydrogen-bond donors (Lipinski definition) is 2. The molecule has 3 aromatic heterocycles. The number of rotatable bonds is 5. The predicted molar refractivity (Wildman–Crippen MR) is 149 cm³/mol. The second kappa shape index (κ2) is 9.67. The molecule has 0 radical (unpaired) electrons. The maximum absolute atomic E-state index is 13.0. The summed E-state index contributed by atoms with van der Waals surface area (Å²) in [5, 5.41) is 14.5. The molecular weight excluding hydrogens is 492 g/mol. The topological polar surface area (TPSA) is 111 Å². The van der Waals surface area contributed by atoms with Crippen LogP contribution in [0.3, 0.4) is 0 Å². The summed E-state index contributed by atoms with van der Waals surface area (Å²) in [5.74, 6) is 2.41. The Morgan fingerprint density at radius 2 is 1.87 bits per heavy atom. The average molecular weight is 529 g/mol. The number of carbonyl (C=O) groups is 1. The third-order valence-corrected chi connectivity index (χ3v) is 9.03. The Kier molecular flexibility index (Phi) is 6.12. The number of pyridine rings is 2. The van der Waals surface area contributed by atoms with Gasteiger partial charge in [-0.15, -0.1) is 0 Å². The molecule has 3 saturated heterocycles. The van der Waals surface area contributed by atoms with Crippen LogP contribution >= 0.6 is 0 Å². The van der Waals surface area contributed by atoms with Crippen LogP contribution in [0.4, 0.5) is 17.6 Å². The molecule has 10 nitrogen and oxygen atoms in total. The molecule has 0 unspecified atom stereocenters. The normalized spacial score (nSPS) is 25.4. The Bertz CT molecular complexity index is 1410. The molecule has 39 heavy (non-hydrogen) atoms. The van der Waals surface area contributed by atoms with Crippen molar-refractivity contribution in [3.8, 4) is 0 Å². The molecule has 0 saturated carbocycles. The minimum atomic E-state index is -0.656. The Hall–Kier alpha value is -3.37. The molecule has 0 aliphatic carbocycles. The van der Waals surface area contributed by atoms with E-state index in [9.17, 15) is 9.90 Å². The molecule has 0 spiro atoms. The zero-order chi connectivity index (χ0) is 26.7. The second-order valence-electron chi connectivity index (χ2n) is 11.7. The summed E-state index contributed by atoms with van der Waals surface area (Å²) in [6.45, 7) is 4.91. The fourth-order valence-electron chi connectivity index (χ4n) is 6.94. The number of nitrogens with one attached hydrogen (secondary N) is 1. The van der Waals surface area contributed by atoms with Crippen LogP contribution in [0.25, 0.3) is 10.9 Å². The highest BCUT2D eigenvalue weighted by atomic mass is 16.3. The molecule has 3 aromatic rings. The van der Waals surface area contributed by atoms with Gasteiger partial charge in [-0.05, 0) is 70.3 Å². The van der Waals surface area contributed by atoms with Crippen molar-refractivity contribution >= 4 is 34.4 Å². The summed E-state index contributed by atoms with van der Waals surface area (Å²) in [6.07, 6.45) is 7.57. The summed E-state index contributed by atoms with van der Waals surface area (Å²) < 4.78 is 0. The zero-order valence-corrected chi connectivity index (χ0v) is 22.7. The largest absolute Gasteiger partial charge is 0.387 e. The molecule has 10 heteroatoms. The number of carbonyl (C=O) groups excluding carboxylic acids is 1. The summed E-state index contributed by atoms with van der Waals surface area (Å²) in [4.78, 5) is 38.9. The van der Waals surface area contributed by atoms with Crippen molar-refractivity contribution in [3.63, 3.8) is 0 Å². The predicted octanol–water partition coefficient (Wildman–Crippen LogP) is 3.18. The molecule has 7 rings (SSSR count). The van der Waals surface area contributed by atoms with Gasteiger partial charge in [0, 0.05) is 55.4 Å². The van der Waals surface area contributed by atoms with Gasteiger partial charge in [0.2, 0.25) is 11.9 Å². The van der Waals surface area contributed by atoms with Gasteiger partial charge in [-0.2, -0.15) is 0 Å². The number of amides is 1. The van der Waals surface area contributed by atoms with Crippen molar-refractivity contribution in [2.75, 3.05) is 36.9 Å². The van der Waals surface area contributed by atoms with E-state index in [2.05, 4.69) is 33.2 Å². The van der Waals surface area contributed by atoms with Gasteiger partial charge in [0.05, 0.1) is 17.7 Å². The van der Waals surface area contributed by atoms with Crippen LogP contribution in [-0.4, -0.2) is 79.5 Å². The van der Waals surface area contributed by atoms with Gasteiger partial charge in [-0.1, -0.05) is 6.07 Å². The van der Waals surface area contributed by atoms with E-state index in [4.69, 9.17) is 15.0 Å². The smallest absolute Gasteiger partial charge is 0.229 e. The highest BCUT2D eigenvalue weighted by Crippen LogP contribution is 2.42. The van der Waals surface area contributed by atoms with Gasteiger partial charge in [0.1, 0.15) is 11.3 Å². The van der Waals surface area contributed by atoms with Crippen LogP contribution in [0.2, 0.25) is 0 Å². The quantitative estimate of drug-likeness (QED) is 0.516. The van der Waals surface area contributed by atoms with E-state index >= 15 is 0 Å². The first kappa shape index (κ1) is 24.7. The van der Waals surface area contributed by atoms with Gasteiger partial charge in [-0.25, -0.2) is 19.9 Å². The van der Waals surface area contributed by atoms with Crippen molar-refractivity contribution in [3.05, 3.63) is 41.3 Å². The minimum Gasteiger partial charge on any atom is -0.387 e. The number of hydrogen-bond acceptors (Lipinski definition) is 9. The number of aliphatic hydroxyl groups is 1. The van der Waals surface area contributed by atoms with E-state index in [1.165, 1.54) is 25.7 Å². The van der Waals surface area contributed by atoms with Crippen molar-refractivity contribution in [1.29, 1.82) is 0 Å². The van der Waals surface area contributed by atoms with Crippen LogP contribution in [0.5, 0.6) is 0 Å². The number of nitrogens with zero attached hydrogens (tertiary/aromatic N) is 7. The van der Waals surface area contributed by atoms with E-state index in [0.29, 0.717) is 42.6 Å². The first-order valence-corrected chi connectivity index (χ1v) is 14.3. The standard InChI is InChI=1S/C29H36N8O2/c1-17(38)24-13-20-14-30-29(34-26(20)27(32-24)37-21-4-5-22(37)7-6-21)33-25-8-3-18-16-36(12-10-23(18)31-25)28(39)19-9-11-35(2)15-19/h3,8,13-14,17,19,21-22,38H,4-7,9-12,15-16H2,1-2H3,(H,30,31,33,34)/t17-,19-,21?,22?/m1/s1. The fourth-order valence-corrected chi connectivity index (χ4v) is 6.94. The molecule has 2 N–H and O–H groups in total. The lowest BCUT2D eigenvalue weighted by Crippen LogP contribution is -2.40. The molecule has 4 aliphatic rings. The van der Waals surface area contributed by atoms with Gasteiger partial charge < -0.3 is 25.1 Å². The van der Waals surface area contributed by atoms with Crippen LogP contribution in [-0.2, 0) is 17.8 Å². The Labute approximate surface area is 228 Å². The molecule has 0 aromatic carbocycles. The molecule has 204 valence electrons. The van der Waals surface area contributed by atoms with Gasteiger partial charge in [0.15, 0.2) is 5.82 Å². The fraction of sp³-hybridized carbons (Fsp3) is 0.552. The van der Waals surface area contributed by atoms with Crippen LogP contribution < -0.4 is 10.2 Å². The number of fused-ring (bicyclic) bond motifs is 4. The van der Waals surface area contributed by atoms with E-state index in [0.717, 1.165) is 53.9 Å². The summed E-state index contributed by atoms with van der Waals surface area (Å²) in [6, 6.07) is 6.88. The van der Waals surface area contributed by atoms with E-state index in [-0.39, 0.29) is 11.8 Å². The Morgan fingerprint density at radius 3 is 2.59 bits per heavy atom. The molecule has 3 fully saturated rings. The number of aromatic nitrogens is 4. The number of anilines is 3. The molecule has 2 atom stereocenters. The van der Waals surface area contributed by atoms with Gasteiger partial charge in [0.25, 0.3) is 0 Å². The molecular formula is C29H36N8O2. The average Bonchev–Trinajstić information content (AvgIpc) is 3.68. The highest BCUT2D eigenvalue weighted by Gasteiger charge is 2.41. The minimum absolute atomic E-state index is 0.113.